The Hall–Kier alpha value is -2.44. The van der Waals surface area contributed by atoms with E-state index in [-0.39, 0.29) is 0 Å². The van der Waals surface area contributed by atoms with Crippen molar-refractivity contribution in [2.75, 3.05) is 0 Å². The predicted octanol–water partition coefficient (Wildman–Crippen LogP) is 4.08. The highest BCUT2D eigenvalue weighted by atomic mass is 31.1. The van der Waals surface area contributed by atoms with Crippen LogP contribution in [0, 0.1) is 6.92 Å². The van der Waals surface area contributed by atoms with Gasteiger partial charge in [-0.15, -0.1) is 0 Å². The molecule has 3 aromatic carbocycles. The van der Waals surface area contributed by atoms with Crippen LogP contribution in [0.15, 0.2) is 77.8 Å². The normalized spacial score (nSPS) is 11.5. The molecular formula is C20H18NOP. The Morgan fingerprint density at radius 1 is 0.870 bits per heavy atom. The van der Waals surface area contributed by atoms with E-state index < -0.39 is 0 Å². The van der Waals surface area contributed by atoms with Crippen LogP contribution in [0.3, 0.4) is 0 Å². The Morgan fingerprint density at radius 3 is 2.39 bits per heavy atom. The van der Waals surface area contributed by atoms with Crippen molar-refractivity contribution in [2.45, 2.75) is 6.92 Å². The van der Waals surface area contributed by atoms with E-state index in [1.807, 2.05) is 60.8 Å². The molecule has 1 unspecified atom stereocenters. The summed E-state index contributed by atoms with van der Waals surface area (Å²) in [6.07, 6.45) is 1.91. The van der Waals surface area contributed by atoms with Crippen LogP contribution in [0.25, 0.3) is 0 Å². The van der Waals surface area contributed by atoms with Crippen molar-refractivity contribution in [2.24, 2.45) is 4.99 Å². The molecule has 0 aliphatic carbocycles. The standard InChI is InChI=1S/C20H18NOP/c1-15-8-7-9-16(14-21-17-10-3-2-4-11-17)20(15)23-19-13-6-5-12-18(19)22/h2-14,22-23H,1H3/b21-14+. The summed E-state index contributed by atoms with van der Waals surface area (Å²) < 4.78 is 0. The van der Waals surface area contributed by atoms with Crippen molar-refractivity contribution in [3.05, 3.63) is 83.9 Å². The topological polar surface area (TPSA) is 32.6 Å². The van der Waals surface area contributed by atoms with Crippen LogP contribution in [0.4, 0.5) is 5.69 Å². The van der Waals surface area contributed by atoms with Gasteiger partial charge in [0.25, 0.3) is 0 Å². The first kappa shape index (κ1) is 15.5. The maximum absolute atomic E-state index is 10.0. The highest BCUT2D eigenvalue weighted by molar-refractivity contribution is 7.56. The highest BCUT2D eigenvalue weighted by Crippen LogP contribution is 2.21. The Bertz CT molecular complexity index is 828. The summed E-state index contributed by atoms with van der Waals surface area (Å²) in [5.74, 6) is 0.347. The third-order valence-corrected chi connectivity index (χ3v) is 5.20. The van der Waals surface area contributed by atoms with E-state index in [0.717, 1.165) is 16.6 Å². The maximum atomic E-state index is 10.0. The summed E-state index contributed by atoms with van der Waals surface area (Å²) in [6, 6.07) is 23.6. The van der Waals surface area contributed by atoms with Crippen molar-refractivity contribution in [1.82, 2.24) is 0 Å². The first-order chi connectivity index (χ1) is 11.2. The quantitative estimate of drug-likeness (QED) is 0.570. The number of aromatic hydroxyl groups is 1. The lowest BCUT2D eigenvalue weighted by Gasteiger charge is -2.11. The molecular weight excluding hydrogens is 301 g/mol. The van der Waals surface area contributed by atoms with Gasteiger partial charge in [-0.3, -0.25) is 4.99 Å². The molecule has 0 aliphatic heterocycles. The SMILES string of the molecule is Cc1cccc(/C=N/c2ccccc2)c1Pc1ccccc1O. The summed E-state index contributed by atoms with van der Waals surface area (Å²) in [5.41, 5.74) is 3.24. The van der Waals surface area contributed by atoms with Gasteiger partial charge in [0.2, 0.25) is 0 Å². The lowest BCUT2D eigenvalue weighted by Crippen LogP contribution is -2.12. The lowest BCUT2D eigenvalue weighted by molar-refractivity contribution is 0.480. The van der Waals surface area contributed by atoms with Gasteiger partial charge in [0.1, 0.15) is 5.75 Å². The minimum Gasteiger partial charge on any atom is -0.507 e. The second kappa shape index (κ2) is 7.21. The average molecular weight is 319 g/mol. The Kier molecular flexibility index (Phi) is 4.85. The van der Waals surface area contributed by atoms with E-state index >= 15 is 0 Å². The number of para-hydroxylation sites is 2. The summed E-state index contributed by atoms with van der Waals surface area (Å²) in [4.78, 5) is 4.56. The molecule has 0 heterocycles. The summed E-state index contributed by atoms with van der Waals surface area (Å²) >= 11 is 0. The van der Waals surface area contributed by atoms with Crippen molar-refractivity contribution < 1.29 is 5.11 Å². The number of benzene rings is 3. The number of phenols is 1. The van der Waals surface area contributed by atoms with Crippen molar-refractivity contribution in [3.63, 3.8) is 0 Å². The molecule has 0 fully saturated rings. The number of aryl methyl sites for hydroxylation is 1. The molecule has 0 bridgehead atoms. The van der Waals surface area contributed by atoms with Gasteiger partial charge < -0.3 is 5.11 Å². The van der Waals surface area contributed by atoms with Gasteiger partial charge >= 0.3 is 0 Å². The molecule has 0 aliphatic rings. The zero-order chi connectivity index (χ0) is 16.1. The highest BCUT2D eigenvalue weighted by Gasteiger charge is 2.08. The molecule has 0 amide bonds. The fourth-order valence-electron chi connectivity index (χ4n) is 2.34. The van der Waals surface area contributed by atoms with E-state index in [9.17, 15) is 5.11 Å². The molecule has 114 valence electrons. The van der Waals surface area contributed by atoms with Crippen LogP contribution in [-0.2, 0) is 0 Å². The molecule has 0 spiro atoms. The molecule has 3 aromatic rings. The van der Waals surface area contributed by atoms with E-state index in [1.165, 1.54) is 10.9 Å². The summed E-state index contributed by atoms with van der Waals surface area (Å²) in [5, 5.41) is 12.2. The molecule has 1 atom stereocenters. The minimum absolute atomic E-state index is 0.347. The van der Waals surface area contributed by atoms with E-state index in [0.29, 0.717) is 14.3 Å². The number of hydrogen-bond donors (Lipinski definition) is 1. The molecule has 1 N–H and O–H groups in total. The van der Waals surface area contributed by atoms with Crippen molar-refractivity contribution in [1.29, 1.82) is 0 Å². The van der Waals surface area contributed by atoms with Crippen LogP contribution in [0.5, 0.6) is 5.75 Å². The van der Waals surface area contributed by atoms with Crippen LogP contribution >= 0.6 is 8.58 Å². The van der Waals surface area contributed by atoms with E-state index in [2.05, 4.69) is 24.0 Å². The third-order valence-electron chi connectivity index (χ3n) is 3.58. The molecule has 3 rings (SSSR count). The Labute approximate surface area is 138 Å². The van der Waals surface area contributed by atoms with Crippen LogP contribution in [0.1, 0.15) is 11.1 Å². The van der Waals surface area contributed by atoms with Gasteiger partial charge in [0, 0.05) is 17.1 Å². The largest absolute Gasteiger partial charge is 0.507 e. The van der Waals surface area contributed by atoms with Crippen molar-refractivity contribution in [3.8, 4) is 5.75 Å². The zero-order valence-electron chi connectivity index (χ0n) is 12.9. The first-order valence-corrected chi connectivity index (χ1v) is 8.48. The second-order valence-electron chi connectivity index (χ2n) is 5.28. The van der Waals surface area contributed by atoms with Crippen LogP contribution in [0.2, 0.25) is 0 Å². The molecule has 23 heavy (non-hydrogen) atoms. The molecule has 0 aromatic heterocycles. The van der Waals surface area contributed by atoms with Crippen molar-refractivity contribution >= 4 is 31.1 Å². The van der Waals surface area contributed by atoms with Crippen LogP contribution in [-0.4, -0.2) is 11.3 Å². The monoisotopic (exact) mass is 319 g/mol. The van der Waals surface area contributed by atoms with Gasteiger partial charge in [-0.2, -0.15) is 0 Å². The fraction of sp³-hybridized carbons (Fsp3) is 0.0500. The molecule has 0 radical (unpaired) electrons. The van der Waals surface area contributed by atoms with Gasteiger partial charge in [-0.05, 0) is 36.0 Å². The smallest absolute Gasteiger partial charge is 0.123 e. The minimum atomic E-state index is 0.347. The lowest BCUT2D eigenvalue weighted by atomic mass is 10.1. The molecule has 0 saturated carbocycles. The number of aliphatic imine (C=N–C) groups is 1. The van der Waals surface area contributed by atoms with Gasteiger partial charge in [-0.1, -0.05) is 63.2 Å². The molecule has 2 nitrogen and oxygen atoms in total. The molecule has 0 saturated heterocycles. The third kappa shape index (κ3) is 3.85. The van der Waals surface area contributed by atoms with Crippen LogP contribution < -0.4 is 10.6 Å². The van der Waals surface area contributed by atoms with Gasteiger partial charge in [0.15, 0.2) is 0 Å². The number of phenolic OH excluding ortho intramolecular Hbond substituents is 1. The average Bonchev–Trinajstić information content (AvgIpc) is 2.58. The number of hydrogen-bond acceptors (Lipinski definition) is 2. The molecule has 3 heteroatoms. The number of rotatable bonds is 4. The summed E-state index contributed by atoms with van der Waals surface area (Å²) in [6.45, 7) is 2.10. The summed E-state index contributed by atoms with van der Waals surface area (Å²) in [7, 11) is 0.400. The zero-order valence-corrected chi connectivity index (χ0v) is 13.9. The predicted molar refractivity (Wildman–Crippen MR) is 101 cm³/mol. The van der Waals surface area contributed by atoms with Gasteiger partial charge in [-0.25, -0.2) is 0 Å². The first-order valence-electron chi connectivity index (χ1n) is 7.48. The van der Waals surface area contributed by atoms with E-state index in [4.69, 9.17) is 0 Å². The fourth-order valence-corrected chi connectivity index (χ4v) is 3.57. The van der Waals surface area contributed by atoms with Gasteiger partial charge in [0.05, 0.1) is 5.69 Å². The van der Waals surface area contributed by atoms with E-state index in [1.54, 1.807) is 6.07 Å². The maximum Gasteiger partial charge on any atom is 0.123 e. The Morgan fingerprint density at radius 2 is 1.61 bits per heavy atom. The second-order valence-corrected chi connectivity index (χ2v) is 6.56. The number of nitrogens with zero attached hydrogens (tertiary/aromatic N) is 1. The Balaban J connectivity index is 1.94.